The SMILES string of the molecule is CCCNC1CCN(CCCOCC(C)C)C1=O. The molecular formula is C14H28N2O2. The van der Waals surface area contributed by atoms with Crippen molar-refractivity contribution in [2.24, 2.45) is 5.92 Å². The van der Waals surface area contributed by atoms with Gasteiger partial charge in [0, 0.05) is 26.3 Å². The van der Waals surface area contributed by atoms with E-state index in [1.54, 1.807) is 0 Å². The molecule has 1 heterocycles. The Morgan fingerprint density at radius 1 is 1.50 bits per heavy atom. The molecule has 0 spiro atoms. The Kier molecular flexibility index (Phi) is 7.28. The molecule has 0 aromatic heterocycles. The summed E-state index contributed by atoms with van der Waals surface area (Å²) in [7, 11) is 0. The van der Waals surface area contributed by atoms with Gasteiger partial charge in [-0.25, -0.2) is 0 Å². The summed E-state index contributed by atoms with van der Waals surface area (Å²) >= 11 is 0. The summed E-state index contributed by atoms with van der Waals surface area (Å²) in [5.74, 6) is 0.855. The van der Waals surface area contributed by atoms with Crippen molar-refractivity contribution in [2.45, 2.75) is 46.1 Å². The third kappa shape index (κ3) is 5.36. The second-order valence-corrected chi connectivity index (χ2v) is 5.44. The van der Waals surface area contributed by atoms with Crippen molar-refractivity contribution in [3.8, 4) is 0 Å². The lowest BCUT2D eigenvalue weighted by Gasteiger charge is -2.17. The van der Waals surface area contributed by atoms with Crippen LogP contribution in [0, 0.1) is 5.92 Å². The largest absolute Gasteiger partial charge is 0.381 e. The van der Waals surface area contributed by atoms with Gasteiger partial charge in [0.1, 0.15) is 0 Å². The monoisotopic (exact) mass is 256 g/mol. The summed E-state index contributed by atoms with van der Waals surface area (Å²) in [6, 6.07) is 0.0570. The van der Waals surface area contributed by atoms with Crippen molar-refractivity contribution >= 4 is 5.91 Å². The summed E-state index contributed by atoms with van der Waals surface area (Å²) < 4.78 is 5.53. The van der Waals surface area contributed by atoms with E-state index in [9.17, 15) is 4.79 Å². The molecule has 1 atom stereocenters. The Morgan fingerprint density at radius 2 is 2.28 bits per heavy atom. The van der Waals surface area contributed by atoms with Crippen LogP contribution in [-0.4, -0.2) is 49.7 Å². The number of rotatable bonds is 9. The van der Waals surface area contributed by atoms with Gasteiger partial charge in [0.2, 0.25) is 5.91 Å². The molecule has 1 unspecified atom stereocenters. The Hall–Kier alpha value is -0.610. The van der Waals surface area contributed by atoms with Crippen LogP contribution in [0.5, 0.6) is 0 Å². The Labute approximate surface area is 111 Å². The number of hydrogen-bond donors (Lipinski definition) is 1. The van der Waals surface area contributed by atoms with Gasteiger partial charge in [-0.05, 0) is 31.7 Å². The fraction of sp³-hybridized carbons (Fsp3) is 0.929. The summed E-state index contributed by atoms with van der Waals surface area (Å²) in [4.78, 5) is 14.0. The van der Waals surface area contributed by atoms with E-state index < -0.39 is 0 Å². The predicted octanol–water partition coefficient (Wildman–Crippen LogP) is 1.65. The molecule has 1 aliphatic heterocycles. The third-order valence-corrected chi connectivity index (χ3v) is 3.11. The number of likely N-dealkylation sites (tertiary alicyclic amines) is 1. The molecule has 0 bridgehead atoms. The first-order valence-corrected chi connectivity index (χ1v) is 7.25. The third-order valence-electron chi connectivity index (χ3n) is 3.11. The van der Waals surface area contributed by atoms with Gasteiger partial charge in [0.25, 0.3) is 0 Å². The highest BCUT2D eigenvalue weighted by Gasteiger charge is 2.30. The van der Waals surface area contributed by atoms with Crippen LogP contribution in [0.2, 0.25) is 0 Å². The zero-order chi connectivity index (χ0) is 13.4. The van der Waals surface area contributed by atoms with Crippen molar-refractivity contribution in [1.82, 2.24) is 10.2 Å². The molecule has 0 aliphatic carbocycles. The first-order chi connectivity index (χ1) is 8.65. The lowest BCUT2D eigenvalue weighted by atomic mass is 10.2. The molecule has 1 amide bonds. The zero-order valence-corrected chi connectivity index (χ0v) is 12.1. The number of hydrogen-bond acceptors (Lipinski definition) is 3. The van der Waals surface area contributed by atoms with Gasteiger partial charge in [-0.1, -0.05) is 20.8 Å². The molecule has 4 nitrogen and oxygen atoms in total. The molecule has 1 aliphatic rings. The van der Waals surface area contributed by atoms with Crippen molar-refractivity contribution in [1.29, 1.82) is 0 Å². The van der Waals surface area contributed by atoms with E-state index >= 15 is 0 Å². The lowest BCUT2D eigenvalue weighted by molar-refractivity contribution is -0.129. The number of carbonyl (C=O) groups excluding carboxylic acids is 1. The summed E-state index contributed by atoms with van der Waals surface area (Å²) in [6.45, 7) is 10.6. The van der Waals surface area contributed by atoms with Crippen LogP contribution in [-0.2, 0) is 9.53 Å². The van der Waals surface area contributed by atoms with E-state index in [-0.39, 0.29) is 11.9 Å². The zero-order valence-electron chi connectivity index (χ0n) is 12.1. The van der Waals surface area contributed by atoms with Gasteiger partial charge in [-0.2, -0.15) is 0 Å². The fourth-order valence-corrected chi connectivity index (χ4v) is 2.15. The smallest absolute Gasteiger partial charge is 0.239 e. The first-order valence-electron chi connectivity index (χ1n) is 7.25. The number of carbonyl (C=O) groups is 1. The van der Waals surface area contributed by atoms with Crippen molar-refractivity contribution in [2.75, 3.05) is 32.8 Å². The standard InChI is InChI=1S/C14H28N2O2/c1-4-7-15-13-6-9-16(14(13)17)8-5-10-18-11-12(2)3/h12-13,15H,4-11H2,1-3H3. The van der Waals surface area contributed by atoms with Crippen LogP contribution in [0.4, 0.5) is 0 Å². The highest BCUT2D eigenvalue weighted by molar-refractivity contribution is 5.83. The molecule has 0 radical (unpaired) electrons. The van der Waals surface area contributed by atoms with Gasteiger partial charge < -0.3 is 15.0 Å². The quantitative estimate of drug-likeness (QED) is 0.638. The maximum Gasteiger partial charge on any atom is 0.239 e. The number of ether oxygens (including phenoxy) is 1. The van der Waals surface area contributed by atoms with Gasteiger partial charge in [-0.3, -0.25) is 4.79 Å². The Balaban J connectivity index is 2.10. The molecular weight excluding hydrogens is 228 g/mol. The van der Waals surface area contributed by atoms with Crippen molar-refractivity contribution in [3.63, 3.8) is 0 Å². The van der Waals surface area contributed by atoms with Gasteiger partial charge in [-0.15, -0.1) is 0 Å². The summed E-state index contributed by atoms with van der Waals surface area (Å²) in [6.07, 6.45) is 2.97. The van der Waals surface area contributed by atoms with E-state index in [1.165, 1.54) is 0 Å². The molecule has 0 aromatic rings. The molecule has 1 fully saturated rings. The molecule has 1 N–H and O–H groups in total. The van der Waals surface area contributed by atoms with Crippen molar-refractivity contribution in [3.05, 3.63) is 0 Å². The first kappa shape index (κ1) is 15.4. The van der Waals surface area contributed by atoms with Crippen LogP contribution in [0.25, 0.3) is 0 Å². The second kappa shape index (κ2) is 8.48. The number of nitrogens with one attached hydrogen (secondary N) is 1. The minimum absolute atomic E-state index is 0.0570. The molecule has 1 rings (SSSR count). The van der Waals surface area contributed by atoms with Crippen LogP contribution in [0.15, 0.2) is 0 Å². The van der Waals surface area contributed by atoms with Gasteiger partial charge in [0.15, 0.2) is 0 Å². The highest BCUT2D eigenvalue weighted by Crippen LogP contribution is 2.11. The minimum atomic E-state index is 0.0570. The summed E-state index contributed by atoms with van der Waals surface area (Å²) in [5.41, 5.74) is 0. The van der Waals surface area contributed by atoms with E-state index in [1.807, 2.05) is 4.90 Å². The molecule has 4 heteroatoms. The molecule has 106 valence electrons. The van der Waals surface area contributed by atoms with Crippen molar-refractivity contribution < 1.29 is 9.53 Å². The molecule has 18 heavy (non-hydrogen) atoms. The maximum absolute atomic E-state index is 12.0. The van der Waals surface area contributed by atoms with E-state index in [2.05, 4.69) is 26.1 Å². The summed E-state index contributed by atoms with van der Waals surface area (Å²) in [5, 5.41) is 3.31. The molecule has 0 saturated carbocycles. The normalized spacial score (nSPS) is 20.1. The van der Waals surface area contributed by atoms with Crippen LogP contribution in [0.1, 0.15) is 40.0 Å². The molecule has 0 aromatic carbocycles. The number of amides is 1. The Bertz CT molecular complexity index is 244. The maximum atomic E-state index is 12.0. The topological polar surface area (TPSA) is 41.6 Å². The predicted molar refractivity (Wildman–Crippen MR) is 73.6 cm³/mol. The minimum Gasteiger partial charge on any atom is -0.381 e. The van der Waals surface area contributed by atoms with E-state index in [4.69, 9.17) is 4.74 Å². The van der Waals surface area contributed by atoms with E-state index in [0.717, 1.165) is 52.1 Å². The van der Waals surface area contributed by atoms with Crippen LogP contribution >= 0.6 is 0 Å². The average Bonchev–Trinajstić information content (AvgIpc) is 2.67. The number of nitrogens with zero attached hydrogens (tertiary/aromatic N) is 1. The Morgan fingerprint density at radius 3 is 2.94 bits per heavy atom. The fourth-order valence-electron chi connectivity index (χ4n) is 2.15. The van der Waals surface area contributed by atoms with Gasteiger partial charge >= 0.3 is 0 Å². The second-order valence-electron chi connectivity index (χ2n) is 5.44. The van der Waals surface area contributed by atoms with Gasteiger partial charge in [0.05, 0.1) is 6.04 Å². The van der Waals surface area contributed by atoms with Crippen LogP contribution < -0.4 is 5.32 Å². The average molecular weight is 256 g/mol. The van der Waals surface area contributed by atoms with Crippen LogP contribution in [0.3, 0.4) is 0 Å². The lowest BCUT2D eigenvalue weighted by Crippen LogP contribution is -2.39. The van der Waals surface area contributed by atoms with E-state index in [0.29, 0.717) is 5.92 Å². The highest BCUT2D eigenvalue weighted by atomic mass is 16.5. The molecule has 1 saturated heterocycles.